The third kappa shape index (κ3) is 4.59. The lowest BCUT2D eigenvalue weighted by Gasteiger charge is -2.14. The van der Waals surface area contributed by atoms with Crippen molar-refractivity contribution in [1.29, 1.82) is 5.26 Å². The lowest BCUT2D eigenvalue weighted by Crippen LogP contribution is -2.27. The van der Waals surface area contributed by atoms with Crippen LogP contribution in [0, 0.1) is 25.2 Å². The first-order chi connectivity index (χ1) is 14.3. The molecular formula is C24H21Cl2N3O. The summed E-state index contributed by atoms with van der Waals surface area (Å²) in [6.45, 7) is 5.73. The molecule has 1 atom stereocenters. The van der Waals surface area contributed by atoms with Gasteiger partial charge in [0.25, 0.3) is 5.91 Å². The quantitative estimate of drug-likeness (QED) is 0.382. The number of halogens is 2. The van der Waals surface area contributed by atoms with Gasteiger partial charge in [-0.25, -0.2) is 0 Å². The van der Waals surface area contributed by atoms with Gasteiger partial charge in [-0.15, -0.1) is 0 Å². The molecule has 0 spiro atoms. The summed E-state index contributed by atoms with van der Waals surface area (Å²) in [6, 6.07) is 18.6. The second-order valence-electron chi connectivity index (χ2n) is 7.03. The maximum Gasteiger partial charge on any atom is 0.262 e. The van der Waals surface area contributed by atoms with Gasteiger partial charge in [0.1, 0.15) is 11.6 Å². The highest BCUT2D eigenvalue weighted by molar-refractivity contribution is 6.34. The number of rotatable bonds is 5. The van der Waals surface area contributed by atoms with E-state index in [1.54, 1.807) is 24.3 Å². The number of amides is 1. The molecule has 3 aromatic rings. The molecule has 152 valence electrons. The zero-order valence-electron chi connectivity index (χ0n) is 16.9. The van der Waals surface area contributed by atoms with Crippen LogP contribution < -0.4 is 5.32 Å². The van der Waals surface area contributed by atoms with Gasteiger partial charge < -0.3 is 9.88 Å². The van der Waals surface area contributed by atoms with Crippen LogP contribution in [0.25, 0.3) is 11.8 Å². The summed E-state index contributed by atoms with van der Waals surface area (Å²) in [5.74, 6) is -0.417. The van der Waals surface area contributed by atoms with E-state index in [4.69, 9.17) is 23.2 Å². The van der Waals surface area contributed by atoms with E-state index in [2.05, 4.69) is 5.32 Å². The van der Waals surface area contributed by atoms with E-state index in [1.165, 1.54) is 0 Å². The van der Waals surface area contributed by atoms with Crippen LogP contribution >= 0.6 is 23.2 Å². The lowest BCUT2D eigenvalue weighted by atomic mass is 10.1. The molecule has 0 saturated heterocycles. The standard InChI is InChI=1S/C24H21Cl2N3O/c1-15-11-19(17(3)29(15)23-13-21(25)9-10-22(23)26)12-20(14-27)24(30)28-16(2)18-7-5-4-6-8-18/h4-13,16H,1-3H3,(H,28,30)/b20-12-/t16-/m1/s1. The number of aromatic nitrogens is 1. The molecule has 6 heteroatoms. The van der Waals surface area contributed by atoms with Crippen molar-refractivity contribution in [2.45, 2.75) is 26.8 Å². The fraction of sp³-hybridized carbons (Fsp3) is 0.167. The monoisotopic (exact) mass is 437 g/mol. The van der Waals surface area contributed by atoms with Crippen molar-refractivity contribution in [3.63, 3.8) is 0 Å². The van der Waals surface area contributed by atoms with E-state index in [9.17, 15) is 10.1 Å². The van der Waals surface area contributed by atoms with Crippen molar-refractivity contribution in [3.8, 4) is 11.8 Å². The normalized spacial score (nSPS) is 12.3. The molecular weight excluding hydrogens is 417 g/mol. The number of nitrogens with one attached hydrogen (secondary N) is 1. The molecule has 0 aliphatic carbocycles. The molecule has 0 bridgehead atoms. The number of benzene rings is 2. The van der Waals surface area contributed by atoms with E-state index < -0.39 is 5.91 Å². The molecule has 30 heavy (non-hydrogen) atoms. The molecule has 0 aliphatic heterocycles. The first kappa shape index (κ1) is 21.7. The van der Waals surface area contributed by atoms with Crippen molar-refractivity contribution in [2.75, 3.05) is 0 Å². The van der Waals surface area contributed by atoms with E-state index in [0.717, 1.165) is 28.2 Å². The van der Waals surface area contributed by atoms with Gasteiger partial charge in [-0.05, 0) is 62.2 Å². The summed E-state index contributed by atoms with van der Waals surface area (Å²) >= 11 is 12.5. The average molecular weight is 438 g/mol. The Morgan fingerprint density at radius 2 is 1.83 bits per heavy atom. The van der Waals surface area contributed by atoms with Crippen LogP contribution in [0.15, 0.2) is 60.2 Å². The summed E-state index contributed by atoms with van der Waals surface area (Å²) in [6.07, 6.45) is 1.60. The minimum absolute atomic E-state index is 0.0372. The summed E-state index contributed by atoms with van der Waals surface area (Å²) in [5.41, 5.74) is 4.29. The molecule has 1 amide bonds. The Labute approximate surface area is 186 Å². The van der Waals surface area contributed by atoms with Crippen molar-refractivity contribution in [3.05, 3.63) is 92.7 Å². The lowest BCUT2D eigenvalue weighted by molar-refractivity contribution is -0.117. The van der Waals surface area contributed by atoms with E-state index in [-0.39, 0.29) is 11.6 Å². The summed E-state index contributed by atoms with van der Waals surface area (Å²) in [5, 5.41) is 13.6. The van der Waals surface area contributed by atoms with Gasteiger partial charge in [-0.1, -0.05) is 53.5 Å². The van der Waals surface area contributed by atoms with Crippen LogP contribution in [-0.2, 0) is 4.79 Å². The van der Waals surface area contributed by atoms with Gasteiger partial charge in [0.15, 0.2) is 0 Å². The molecule has 1 heterocycles. The number of carbonyl (C=O) groups is 1. The SMILES string of the molecule is Cc1cc(/C=C(/C#N)C(=O)N[C@H](C)c2ccccc2)c(C)n1-c1cc(Cl)ccc1Cl. The molecule has 0 aliphatic rings. The van der Waals surface area contributed by atoms with Crippen LogP contribution in [0.3, 0.4) is 0 Å². The van der Waals surface area contributed by atoms with Crippen LogP contribution in [0.1, 0.15) is 35.5 Å². The van der Waals surface area contributed by atoms with Crippen molar-refractivity contribution >= 4 is 35.2 Å². The van der Waals surface area contributed by atoms with Crippen LogP contribution in [-0.4, -0.2) is 10.5 Å². The zero-order chi connectivity index (χ0) is 21.8. The van der Waals surface area contributed by atoms with Gasteiger partial charge >= 0.3 is 0 Å². The highest BCUT2D eigenvalue weighted by atomic mass is 35.5. The Morgan fingerprint density at radius 1 is 1.13 bits per heavy atom. The van der Waals surface area contributed by atoms with Crippen molar-refractivity contribution in [1.82, 2.24) is 9.88 Å². The predicted molar refractivity (Wildman–Crippen MR) is 122 cm³/mol. The van der Waals surface area contributed by atoms with Gasteiger partial charge in [-0.2, -0.15) is 5.26 Å². The highest BCUT2D eigenvalue weighted by Crippen LogP contribution is 2.29. The Balaban J connectivity index is 1.92. The van der Waals surface area contributed by atoms with Crippen LogP contribution in [0.5, 0.6) is 0 Å². The molecule has 0 unspecified atom stereocenters. The fourth-order valence-corrected chi connectivity index (χ4v) is 3.73. The maximum atomic E-state index is 12.7. The smallest absolute Gasteiger partial charge is 0.262 e. The zero-order valence-corrected chi connectivity index (χ0v) is 18.4. The molecule has 3 rings (SSSR count). The number of hydrogen-bond acceptors (Lipinski definition) is 2. The first-order valence-electron chi connectivity index (χ1n) is 9.43. The second kappa shape index (κ2) is 9.21. The third-order valence-electron chi connectivity index (χ3n) is 4.93. The van der Waals surface area contributed by atoms with Crippen LogP contribution in [0.4, 0.5) is 0 Å². The van der Waals surface area contributed by atoms with Gasteiger partial charge in [0.2, 0.25) is 0 Å². The number of nitriles is 1. The maximum absolute atomic E-state index is 12.7. The largest absolute Gasteiger partial charge is 0.345 e. The fourth-order valence-electron chi connectivity index (χ4n) is 3.37. The summed E-state index contributed by atoms with van der Waals surface area (Å²) in [4.78, 5) is 12.7. The summed E-state index contributed by atoms with van der Waals surface area (Å²) in [7, 11) is 0. The third-order valence-corrected chi connectivity index (χ3v) is 5.49. The Bertz CT molecular complexity index is 1160. The van der Waals surface area contributed by atoms with Crippen molar-refractivity contribution in [2.24, 2.45) is 0 Å². The van der Waals surface area contributed by atoms with Gasteiger partial charge in [0.05, 0.1) is 16.8 Å². The van der Waals surface area contributed by atoms with Gasteiger partial charge in [0, 0.05) is 16.4 Å². The number of nitrogens with zero attached hydrogens (tertiary/aromatic N) is 2. The van der Waals surface area contributed by atoms with E-state index in [0.29, 0.717) is 10.0 Å². The van der Waals surface area contributed by atoms with Gasteiger partial charge in [-0.3, -0.25) is 4.79 Å². The molecule has 2 aromatic carbocycles. The van der Waals surface area contributed by atoms with E-state index in [1.807, 2.05) is 67.8 Å². The first-order valence-corrected chi connectivity index (χ1v) is 10.2. The molecule has 1 aromatic heterocycles. The minimum Gasteiger partial charge on any atom is -0.345 e. The predicted octanol–water partition coefficient (Wildman–Crippen LogP) is 6.19. The minimum atomic E-state index is -0.417. The molecule has 0 fully saturated rings. The molecule has 0 radical (unpaired) electrons. The highest BCUT2D eigenvalue weighted by Gasteiger charge is 2.17. The number of aryl methyl sites for hydroxylation is 1. The summed E-state index contributed by atoms with van der Waals surface area (Å²) < 4.78 is 1.96. The van der Waals surface area contributed by atoms with Crippen LogP contribution in [0.2, 0.25) is 10.0 Å². The Morgan fingerprint density at radius 3 is 2.50 bits per heavy atom. The van der Waals surface area contributed by atoms with E-state index >= 15 is 0 Å². The Hall–Kier alpha value is -3.00. The average Bonchev–Trinajstić information content (AvgIpc) is 3.01. The topological polar surface area (TPSA) is 57.8 Å². The molecule has 0 saturated carbocycles. The number of carbonyl (C=O) groups excluding carboxylic acids is 1. The second-order valence-corrected chi connectivity index (χ2v) is 7.88. The number of hydrogen-bond donors (Lipinski definition) is 1. The molecule has 1 N–H and O–H groups in total. The Kier molecular flexibility index (Phi) is 6.66. The van der Waals surface area contributed by atoms with Crippen molar-refractivity contribution < 1.29 is 4.79 Å². The molecule has 4 nitrogen and oxygen atoms in total.